The van der Waals surface area contributed by atoms with Crippen LogP contribution in [0, 0.1) is 10.1 Å². The number of thiazole rings is 1. The van der Waals surface area contributed by atoms with Crippen LogP contribution < -0.4 is 10.1 Å². The minimum absolute atomic E-state index is 0.0527. The van der Waals surface area contributed by atoms with Gasteiger partial charge in [0, 0.05) is 6.07 Å². The van der Waals surface area contributed by atoms with Crippen LogP contribution in [0.5, 0.6) is 5.75 Å². The summed E-state index contributed by atoms with van der Waals surface area (Å²) in [7, 11) is 0. The Bertz CT molecular complexity index is 845. The van der Waals surface area contributed by atoms with E-state index in [1.807, 2.05) is 24.3 Å². The van der Waals surface area contributed by atoms with Crippen molar-refractivity contribution in [3.8, 4) is 5.75 Å². The maximum atomic E-state index is 11.9. The van der Waals surface area contributed by atoms with Gasteiger partial charge in [-0.05, 0) is 18.2 Å². The van der Waals surface area contributed by atoms with E-state index in [9.17, 15) is 14.9 Å². The van der Waals surface area contributed by atoms with Crippen LogP contribution in [-0.2, 0) is 4.79 Å². The number of nitrogens with one attached hydrogen (secondary N) is 1. The molecule has 1 heterocycles. The summed E-state index contributed by atoms with van der Waals surface area (Å²) in [6, 6.07) is 13.4. The molecule has 0 aliphatic heterocycles. The van der Waals surface area contributed by atoms with Gasteiger partial charge in [0.1, 0.15) is 0 Å². The largest absolute Gasteiger partial charge is 0.477 e. The first-order valence-electron chi connectivity index (χ1n) is 6.65. The van der Waals surface area contributed by atoms with Gasteiger partial charge in [0.15, 0.2) is 17.5 Å². The highest BCUT2D eigenvalue weighted by atomic mass is 32.1. The number of para-hydroxylation sites is 3. The van der Waals surface area contributed by atoms with Gasteiger partial charge in [-0.15, -0.1) is 0 Å². The lowest BCUT2D eigenvalue weighted by Gasteiger charge is -2.05. The number of aromatic nitrogens is 1. The van der Waals surface area contributed by atoms with Crippen LogP contribution >= 0.6 is 11.3 Å². The van der Waals surface area contributed by atoms with E-state index in [2.05, 4.69) is 10.3 Å². The first-order valence-corrected chi connectivity index (χ1v) is 7.47. The number of amides is 1. The number of nitro groups is 1. The van der Waals surface area contributed by atoms with E-state index in [-0.39, 0.29) is 18.0 Å². The summed E-state index contributed by atoms with van der Waals surface area (Å²) in [4.78, 5) is 26.5. The predicted octanol–water partition coefficient (Wildman–Crippen LogP) is 3.22. The number of carbonyl (C=O) groups is 1. The first-order chi connectivity index (χ1) is 11.1. The lowest BCUT2D eigenvalue weighted by molar-refractivity contribution is -0.385. The Morgan fingerprint density at radius 1 is 1.22 bits per heavy atom. The van der Waals surface area contributed by atoms with Gasteiger partial charge < -0.3 is 4.74 Å². The number of fused-ring (bicyclic) bond motifs is 1. The fourth-order valence-electron chi connectivity index (χ4n) is 1.95. The smallest absolute Gasteiger partial charge is 0.310 e. The summed E-state index contributed by atoms with van der Waals surface area (Å²) < 4.78 is 6.19. The summed E-state index contributed by atoms with van der Waals surface area (Å²) in [5.41, 5.74) is 0.618. The van der Waals surface area contributed by atoms with Crippen LogP contribution in [0.25, 0.3) is 10.2 Å². The van der Waals surface area contributed by atoms with Crippen molar-refractivity contribution in [2.24, 2.45) is 0 Å². The van der Waals surface area contributed by atoms with Crippen molar-refractivity contribution in [1.82, 2.24) is 4.98 Å². The third kappa shape index (κ3) is 3.43. The molecular weight excluding hydrogens is 318 g/mol. The van der Waals surface area contributed by atoms with Gasteiger partial charge in [0.05, 0.1) is 15.1 Å². The lowest BCUT2D eigenvalue weighted by Crippen LogP contribution is -2.20. The molecule has 0 aliphatic rings. The highest BCUT2D eigenvalue weighted by Crippen LogP contribution is 2.27. The standard InChI is InChI=1S/C15H11N3O4S/c19-14(9-22-12-7-3-2-6-11(12)18(20)21)17-15-16-10-5-1-4-8-13(10)23-15/h1-8H,9H2,(H,16,17,19). The second kappa shape index (κ2) is 6.41. The van der Waals surface area contributed by atoms with E-state index >= 15 is 0 Å². The van der Waals surface area contributed by atoms with E-state index in [1.54, 1.807) is 6.07 Å². The van der Waals surface area contributed by atoms with E-state index in [1.165, 1.54) is 29.5 Å². The van der Waals surface area contributed by atoms with E-state index in [0.717, 1.165) is 10.2 Å². The third-order valence-corrected chi connectivity index (χ3v) is 3.91. The molecule has 0 spiro atoms. The SMILES string of the molecule is O=C(COc1ccccc1[N+](=O)[O-])Nc1nc2ccccc2s1. The Labute approximate surface area is 134 Å². The minimum atomic E-state index is -0.555. The number of anilines is 1. The van der Waals surface area contributed by atoms with Crippen molar-refractivity contribution in [1.29, 1.82) is 0 Å². The van der Waals surface area contributed by atoms with E-state index in [4.69, 9.17) is 4.74 Å². The predicted molar refractivity (Wildman–Crippen MR) is 86.8 cm³/mol. The third-order valence-electron chi connectivity index (χ3n) is 2.96. The van der Waals surface area contributed by atoms with Crippen molar-refractivity contribution in [3.63, 3.8) is 0 Å². The minimum Gasteiger partial charge on any atom is -0.477 e. The van der Waals surface area contributed by atoms with Crippen LogP contribution in [0.4, 0.5) is 10.8 Å². The maximum Gasteiger partial charge on any atom is 0.310 e. The Morgan fingerprint density at radius 3 is 2.74 bits per heavy atom. The molecule has 0 radical (unpaired) electrons. The molecule has 1 N–H and O–H groups in total. The second-order valence-corrected chi connectivity index (χ2v) is 5.58. The zero-order valence-electron chi connectivity index (χ0n) is 11.8. The van der Waals surface area contributed by atoms with Crippen molar-refractivity contribution in [2.45, 2.75) is 0 Å². The number of rotatable bonds is 5. The number of hydrogen-bond donors (Lipinski definition) is 1. The number of nitrogens with zero attached hydrogens (tertiary/aromatic N) is 2. The molecule has 0 atom stereocenters. The average molecular weight is 329 g/mol. The Balaban J connectivity index is 1.65. The van der Waals surface area contributed by atoms with Gasteiger partial charge in [-0.3, -0.25) is 20.2 Å². The molecule has 0 bridgehead atoms. The zero-order chi connectivity index (χ0) is 16.2. The number of ether oxygens (including phenoxy) is 1. The fourth-order valence-corrected chi connectivity index (χ4v) is 2.84. The summed E-state index contributed by atoms with van der Waals surface area (Å²) in [6.45, 7) is -0.333. The summed E-state index contributed by atoms with van der Waals surface area (Å²) in [6.07, 6.45) is 0. The van der Waals surface area contributed by atoms with Crippen LogP contribution in [0.1, 0.15) is 0 Å². The molecule has 2 aromatic carbocycles. The Hall–Kier alpha value is -3.00. The molecule has 3 rings (SSSR count). The van der Waals surface area contributed by atoms with Gasteiger partial charge in [-0.25, -0.2) is 4.98 Å². The van der Waals surface area contributed by atoms with Gasteiger partial charge >= 0.3 is 5.69 Å². The van der Waals surface area contributed by atoms with Gasteiger partial charge in [-0.2, -0.15) is 0 Å². The molecule has 1 aromatic heterocycles. The van der Waals surface area contributed by atoms with Crippen molar-refractivity contribution in [3.05, 3.63) is 58.6 Å². The average Bonchev–Trinajstić information content (AvgIpc) is 2.95. The lowest BCUT2D eigenvalue weighted by atomic mass is 10.3. The highest BCUT2D eigenvalue weighted by molar-refractivity contribution is 7.22. The summed E-state index contributed by atoms with van der Waals surface area (Å²) in [5, 5.41) is 14.0. The van der Waals surface area contributed by atoms with Crippen LogP contribution in [-0.4, -0.2) is 22.4 Å². The molecule has 3 aromatic rings. The highest BCUT2D eigenvalue weighted by Gasteiger charge is 2.15. The van der Waals surface area contributed by atoms with Gasteiger partial charge in [0.2, 0.25) is 0 Å². The number of carbonyl (C=O) groups excluding carboxylic acids is 1. The Kier molecular flexibility index (Phi) is 4.15. The molecule has 116 valence electrons. The molecule has 23 heavy (non-hydrogen) atoms. The van der Waals surface area contributed by atoms with Crippen LogP contribution in [0.3, 0.4) is 0 Å². The molecular formula is C15H11N3O4S. The van der Waals surface area contributed by atoms with Gasteiger partial charge in [0.25, 0.3) is 5.91 Å². The number of hydrogen-bond acceptors (Lipinski definition) is 6. The van der Waals surface area contributed by atoms with Crippen molar-refractivity contribution < 1.29 is 14.5 Å². The maximum absolute atomic E-state index is 11.9. The number of benzene rings is 2. The molecule has 0 fully saturated rings. The molecule has 0 saturated heterocycles. The molecule has 7 nitrogen and oxygen atoms in total. The molecule has 0 unspecified atom stereocenters. The first kappa shape index (κ1) is 14.9. The zero-order valence-corrected chi connectivity index (χ0v) is 12.6. The molecule has 0 aliphatic carbocycles. The quantitative estimate of drug-likeness (QED) is 0.573. The fraction of sp³-hybridized carbons (Fsp3) is 0.0667. The molecule has 8 heteroatoms. The van der Waals surface area contributed by atoms with Crippen molar-refractivity contribution >= 4 is 38.3 Å². The summed E-state index contributed by atoms with van der Waals surface area (Å²) >= 11 is 1.35. The summed E-state index contributed by atoms with van der Waals surface area (Å²) in [5.74, 6) is -0.376. The Morgan fingerprint density at radius 2 is 1.96 bits per heavy atom. The second-order valence-electron chi connectivity index (χ2n) is 4.55. The number of nitro benzene ring substituents is 1. The monoisotopic (exact) mass is 329 g/mol. The van der Waals surface area contributed by atoms with Gasteiger partial charge in [-0.1, -0.05) is 35.6 Å². The van der Waals surface area contributed by atoms with Crippen LogP contribution in [0.2, 0.25) is 0 Å². The van der Waals surface area contributed by atoms with Crippen LogP contribution in [0.15, 0.2) is 48.5 Å². The van der Waals surface area contributed by atoms with Crippen molar-refractivity contribution in [2.75, 3.05) is 11.9 Å². The van der Waals surface area contributed by atoms with E-state index < -0.39 is 10.8 Å². The van der Waals surface area contributed by atoms with E-state index in [0.29, 0.717) is 5.13 Å². The topological polar surface area (TPSA) is 94.4 Å². The molecule has 0 saturated carbocycles. The molecule has 1 amide bonds. The normalized spacial score (nSPS) is 10.4.